The average molecular weight is 372 g/mol. The molecule has 26 heavy (non-hydrogen) atoms. The fourth-order valence-electron chi connectivity index (χ4n) is 4.34. The summed E-state index contributed by atoms with van der Waals surface area (Å²) in [5, 5.41) is 13.0. The van der Waals surface area contributed by atoms with Gasteiger partial charge in [-0.3, -0.25) is 4.90 Å². The topological polar surface area (TPSA) is 39.6 Å². The molecule has 2 aromatic rings. The van der Waals surface area contributed by atoms with Crippen molar-refractivity contribution in [1.29, 1.82) is 0 Å². The summed E-state index contributed by atoms with van der Waals surface area (Å²) in [5.41, 5.74) is -0.557. The maximum Gasteiger partial charge on any atom is 0.128 e. The van der Waals surface area contributed by atoms with Gasteiger partial charge in [0.15, 0.2) is 0 Å². The summed E-state index contributed by atoms with van der Waals surface area (Å²) in [6, 6.07) is 10.3. The van der Waals surface area contributed by atoms with E-state index in [1.807, 2.05) is 12.3 Å². The molecule has 1 aliphatic heterocycles. The maximum absolute atomic E-state index is 10.9. The normalized spacial score (nSPS) is 27.6. The Balaban J connectivity index is 1.19. The second-order valence-corrected chi connectivity index (χ2v) is 8.71. The highest BCUT2D eigenvalue weighted by molar-refractivity contribution is 7.10. The Morgan fingerprint density at radius 2 is 1.88 bits per heavy atom. The first-order chi connectivity index (χ1) is 12.7. The molecule has 0 atom stereocenters. The SMILES string of the molecule is O[C@]1(c2cccs2)CC[C@@H](CCN2CCN(c3ccccn3)CC2)CC1. The molecular weight excluding hydrogens is 342 g/mol. The highest BCUT2D eigenvalue weighted by Crippen LogP contribution is 2.42. The van der Waals surface area contributed by atoms with E-state index < -0.39 is 5.60 Å². The Morgan fingerprint density at radius 1 is 1.08 bits per heavy atom. The van der Waals surface area contributed by atoms with Crippen LogP contribution in [0.5, 0.6) is 0 Å². The molecule has 140 valence electrons. The third kappa shape index (κ3) is 4.11. The van der Waals surface area contributed by atoms with E-state index in [0.29, 0.717) is 0 Å². The summed E-state index contributed by atoms with van der Waals surface area (Å²) < 4.78 is 0. The lowest BCUT2D eigenvalue weighted by Crippen LogP contribution is -2.47. The number of anilines is 1. The van der Waals surface area contributed by atoms with E-state index in [1.54, 1.807) is 11.3 Å². The molecule has 1 saturated carbocycles. The van der Waals surface area contributed by atoms with Gasteiger partial charge in [-0.2, -0.15) is 0 Å². The lowest BCUT2D eigenvalue weighted by molar-refractivity contribution is -0.0130. The number of piperazine rings is 1. The fourth-order valence-corrected chi connectivity index (χ4v) is 5.22. The number of nitrogens with zero attached hydrogens (tertiary/aromatic N) is 3. The lowest BCUT2D eigenvalue weighted by atomic mass is 9.77. The summed E-state index contributed by atoms with van der Waals surface area (Å²) in [4.78, 5) is 10.6. The average Bonchev–Trinajstić information content (AvgIpc) is 3.25. The first kappa shape index (κ1) is 18.0. The number of hydrogen-bond donors (Lipinski definition) is 1. The second kappa shape index (κ2) is 8.07. The van der Waals surface area contributed by atoms with Crippen LogP contribution in [0.25, 0.3) is 0 Å². The van der Waals surface area contributed by atoms with Crippen LogP contribution in [0.1, 0.15) is 37.0 Å². The maximum atomic E-state index is 10.9. The Labute approximate surface area is 160 Å². The van der Waals surface area contributed by atoms with Gasteiger partial charge in [0.1, 0.15) is 5.82 Å². The molecule has 2 aromatic heterocycles. The van der Waals surface area contributed by atoms with Crippen LogP contribution in [0.15, 0.2) is 41.9 Å². The van der Waals surface area contributed by atoms with Gasteiger partial charge in [0.05, 0.1) is 5.60 Å². The number of aliphatic hydroxyl groups is 1. The molecule has 1 N–H and O–H groups in total. The van der Waals surface area contributed by atoms with E-state index in [2.05, 4.69) is 44.4 Å². The summed E-state index contributed by atoms with van der Waals surface area (Å²) in [7, 11) is 0. The molecule has 0 spiro atoms. The van der Waals surface area contributed by atoms with Gasteiger partial charge in [0.2, 0.25) is 0 Å². The molecule has 1 aliphatic carbocycles. The highest BCUT2D eigenvalue weighted by atomic mass is 32.1. The van der Waals surface area contributed by atoms with E-state index in [-0.39, 0.29) is 0 Å². The molecule has 0 unspecified atom stereocenters. The zero-order chi connectivity index (χ0) is 17.8. The summed E-state index contributed by atoms with van der Waals surface area (Å²) in [5.74, 6) is 1.87. The number of aromatic nitrogens is 1. The fraction of sp³-hybridized carbons (Fsp3) is 0.571. The molecule has 0 radical (unpaired) electrons. The predicted octanol–water partition coefficient (Wildman–Crippen LogP) is 3.73. The Hall–Kier alpha value is -1.43. The van der Waals surface area contributed by atoms with E-state index in [1.165, 1.54) is 13.0 Å². The van der Waals surface area contributed by atoms with Crippen LogP contribution in [-0.4, -0.2) is 47.7 Å². The van der Waals surface area contributed by atoms with Crippen molar-refractivity contribution in [3.63, 3.8) is 0 Å². The van der Waals surface area contributed by atoms with Gasteiger partial charge in [-0.25, -0.2) is 4.98 Å². The van der Waals surface area contributed by atoms with Crippen LogP contribution >= 0.6 is 11.3 Å². The molecule has 1 saturated heterocycles. The van der Waals surface area contributed by atoms with Crippen molar-refractivity contribution in [1.82, 2.24) is 9.88 Å². The first-order valence-electron chi connectivity index (χ1n) is 9.88. The van der Waals surface area contributed by atoms with Crippen LogP contribution in [0.4, 0.5) is 5.82 Å². The van der Waals surface area contributed by atoms with Crippen molar-refractivity contribution in [2.45, 2.75) is 37.7 Å². The minimum atomic E-state index is -0.557. The predicted molar refractivity (Wildman–Crippen MR) is 108 cm³/mol. The summed E-state index contributed by atoms with van der Waals surface area (Å²) >= 11 is 1.70. The molecule has 5 heteroatoms. The number of hydrogen-bond acceptors (Lipinski definition) is 5. The summed E-state index contributed by atoms with van der Waals surface area (Å²) in [6.07, 6.45) is 7.30. The van der Waals surface area contributed by atoms with Gasteiger partial charge >= 0.3 is 0 Å². The van der Waals surface area contributed by atoms with Crippen molar-refractivity contribution in [2.75, 3.05) is 37.6 Å². The third-order valence-corrected chi connectivity index (χ3v) is 7.17. The van der Waals surface area contributed by atoms with Crippen molar-refractivity contribution in [3.05, 3.63) is 46.8 Å². The lowest BCUT2D eigenvalue weighted by Gasteiger charge is -2.38. The van der Waals surface area contributed by atoms with E-state index in [4.69, 9.17) is 0 Å². The standard InChI is InChI=1S/C21H29N3OS/c25-21(19-4-3-17-26-19)9-6-18(7-10-21)8-12-23-13-15-24(16-14-23)20-5-1-2-11-22-20/h1-5,11,17-18,25H,6-10,12-16H2/t18-,21-. The zero-order valence-electron chi connectivity index (χ0n) is 15.4. The van der Waals surface area contributed by atoms with Gasteiger partial charge in [-0.05, 0) is 68.1 Å². The van der Waals surface area contributed by atoms with Crippen molar-refractivity contribution in [3.8, 4) is 0 Å². The molecule has 3 heterocycles. The molecule has 4 nitrogen and oxygen atoms in total. The van der Waals surface area contributed by atoms with Crippen molar-refractivity contribution >= 4 is 17.2 Å². The first-order valence-corrected chi connectivity index (χ1v) is 10.8. The monoisotopic (exact) mass is 371 g/mol. The summed E-state index contributed by atoms with van der Waals surface area (Å²) in [6.45, 7) is 5.59. The van der Waals surface area contributed by atoms with Gasteiger partial charge < -0.3 is 10.0 Å². The van der Waals surface area contributed by atoms with E-state index in [0.717, 1.165) is 68.5 Å². The molecule has 4 rings (SSSR count). The molecule has 0 amide bonds. The largest absolute Gasteiger partial charge is 0.384 e. The minimum absolute atomic E-state index is 0.557. The molecule has 0 bridgehead atoms. The third-order valence-electron chi connectivity index (χ3n) is 6.11. The van der Waals surface area contributed by atoms with Gasteiger partial charge in [0, 0.05) is 37.3 Å². The van der Waals surface area contributed by atoms with Crippen LogP contribution in [-0.2, 0) is 5.60 Å². The smallest absolute Gasteiger partial charge is 0.128 e. The van der Waals surface area contributed by atoms with Crippen LogP contribution in [0, 0.1) is 5.92 Å². The zero-order valence-corrected chi connectivity index (χ0v) is 16.2. The van der Waals surface area contributed by atoms with Crippen LogP contribution in [0.3, 0.4) is 0 Å². The van der Waals surface area contributed by atoms with E-state index in [9.17, 15) is 5.11 Å². The molecule has 2 fully saturated rings. The van der Waals surface area contributed by atoms with Gasteiger partial charge in [0.25, 0.3) is 0 Å². The highest BCUT2D eigenvalue weighted by Gasteiger charge is 2.35. The number of rotatable bonds is 5. The number of thiophene rings is 1. The van der Waals surface area contributed by atoms with Crippen molar-refractivity contribution < 1.29 is 5.11 Å². The molecule has 2 aliphatic rings. The van der Waals surface area contributed by atoms with Crippen LogP contribution < -0.4 is 4.90 Å². The Morgan fingerprint density at radius 3 is 2.54 bits per heavy atom. The number of pyridine rings is 1. The van der Waals surface area contributed by atoms with E-state index >= 15 is 0 Å². The molecular formula is C21H29N3OS. The minimum Gasteiger partial charge on any atom is -0.384 e. The quantitative estimate of drug-likeness (QED) is 0.869. The Kier molecular flexibility index (Phi) is 5.57. The van der Waals surface area contributed by atoms with Gasteiger partial charge in [-0.1, -0.05) is 12.1 Å². The Bertz CT molecular complexity index is 660. The van der Waals surface area contributed by atoms with Crippen LogP contribution in [0.2, 0.25) is 0 Å². The van der Waals surface area contributed by atoms with Gasteiger partial charge in [-0.15, -0.1) is 11.3 Å². The second-order valence-electron chi connectivity index (χ2n) is 7.76. The molecule has 0 aromatic carbocycles. The van der Waals surface area contributed by atoms with Crippen molar-refractivity contribution in [2.24, 2.45) is 5.92 Å².